The Morgan fingerprint density at radius 1 is 1.10 bits per heavy atom. The lowest BCUT2D eigenvalue weighted by Crippen LogP contribution is -2.34. The van der Waals surface area contributed by atoms with Crippen molar-refractivity contribution in [2.45, 2.75) is 12.6 Å². The monoisotopic (exact) mass is 285 g/mol. The first-order chi connectivity index (χ1) is 10.4. The van der Waals surface area contributed by atoms with Crippen LogP contribution in [0.4, 0.5) is 0 Å². The van der Waals surface area contributed by atoms with Crippen molar-refractivity contribution in [3.63, 3.8) is 0 Å². The molecule has 1 aliphatic rings. The van der Waals surface area contributed by atoms with Gasteiger partial charge in [0, 0.05) is 12.1 Å². The minimum absolute atomic E-state index is 0.0949. The molecule has 1 atom stereocenters. The highest BCUT2D eigenvalue weighted by Gasteiger charge is 2.21. The van der Waals surface area contributed by atoms with Gasteiger partial charge in [0.25, 0.3) is 0 Å². The largest absolute Gasteiger partial charge is 0.489 e. The van der Waals surface area contributed by atoms with Gasteiger partial charge in [-0.05, 0) is 25.2 Å². The van der Waals surface area contributed by atoms with Crippen LogP contribution in [0, 0.1) is 0 Å². The third-order valence-electron chi connectivity index (χ3n) is 3.33. The number of fused-ring (bicyclic) bond motifs is 1. The van der Waals surface area contributed by atoms with E-state index in [1.807, 2.05) is 49.5 Å². The Balaban J connectivity index is 1.62. The number of rotatable bonds is 5. The van der Waals surface area contributed by atoms with Crippen molar-refractivity contribution in [1.29, 1.82) is 0 Å². The fraction of sp³-hybridized carbons (Fsp3) is 0.294. The van der Waals surface area contributed by atoms with Crippen LogP contribution in [-0.4, -0.2) is 26.4 Å². The zero-order valence-electron chi connectivity index (χ0n) is 12.0. The SMILES string of the molecule is CNCc1ccccc1OCC1COc2ccccc2O1. The molecule has 21 heavy (non-hydrogen) atoms. The Bertz CT molecular complexity index is 600. The summed E-state index contributed by atoms with van der Waals surface area (Å²) >= 11 is 0. The van der Waals surface area contributed by atoms with E-state index < -0.39 is 0 Å². The molecule has 1 aliphatic heterocycles. The summed E-state index contributed by atoms with van der Waals surface area (Å²) < 4.78 is 17.5. The summed E-state index contributed by atoms with van der Waals surface area (Å²) in [4.78, 5) is 0. The van der Waals surface area contributed by atoms with E-state index in [4.69, 9.17) is 14.2 Å². The normalized spacial score (nSPS) is 16.5. The van der Waals surface area contributed by atoms with Gasteiger partial charge in [-0.1, -0.05) is 30.3 Å². The van der Waals surface area contributed by atoms with Gasteiger partial charge in [-0.3, -0.25) is 0 Å². The van der Waals surface area contributed by atoms with Crippen molar-refractivity contribution in [2.75, 3.05) is 20.3 Å². The fourth-order valence-corrected chi connectivity index (χ4v) is 2.31. The zero-order valence-corrected chi connectivity index (χ0v) is 12.0. The average Bonchev–Trinajstić information content (AvgIpc) is 2.54. The van der Waals surface area contributed by atoms with Crippen LogP contribution >= 0.6 is 0 Å². The van der Waals surface area contributed by atoms with E-state index in [9.17, 15) is 0 Å². The Morgan fingerprint density at radius 3 is 2.71 bits per heavy atom. The Labute approximate surface area is 124 Å². The first kappa shape index (κ1) is 13.8. The highest BCUT2D eigenvalue weighted by atomic mass is 16.6. The third kappa shape index (κ3) is 3.28. The summed E-state index contributed by atoms with van der Waals surface area (Å²) in [5.41, 5.74) is 1.14. The van der Waals surface area contributed by atoms with Gasteiger partial charge < -0.3 is 19.5 Å². The maximum Gasteiger partial charge on any atom is 0.166 e. The number of hydrogen-bond acceptors (Lipinski definition) is 4. The molecule has 0 aromatic heterocycles. The summed E-state index contributed by atoms with van der Waals surface area (Å²) in [6.45, 7) is 1.75. The number of nitrogens with one attached hydrogen (secondary N) is 1. The molecule has 0 amide bonds. The molecule has 4 heteroatoms. The quantitative estimate of drug-likeness (QED) is 0.916. The van der Waals surface area contributed by atoms with E-state index in [2.05, 4.69) is 11.4 Å². The lowest BCUT2D eigenvalue weighted by Gasteiger charge is -2.26. The molecule has 2 aromatic carbocycles. The van der Waals surface area contributed by atoms with E-state index in [1.54, 1.807) is 0 Å². The molecule has 3 rings (SSSR count). The fourth-order valence-electron chi connectivity index (χ4n) is 2.31. The minimum Gasteiger partial charge on any atom is -0.489 e. The molecule has 0 aliphatic carbocycles. The first-order valence-corrected chi connectivity index (χ1v) is 7.10. The van der Waals surface area contributed by atoms with E-state index in [0.717, 1.165) is 29.4 Å². The molecule has 1 N–H and O–H groups in total. The van der Waals surface area contributed by atoms with Gasteiger partial charge in [0.05, 0.1) is 0 Å². The summed E-state index contributed by atoms with van der Waals surface area (Å²) in [7, 11) is 1.92. The molecule has 0 bridgehead atoms. The number of ether oxygens (including phenoxy) is 3. The van der Waals surface area contributed by atoms with Crippen molar-refractivity contribution in [1.82, 2.24) is 5.32 Å². The van der Waals surface area contributed by atoms with Gasteiger partial charge in [-0.25, -0.2) is 0 Å². The maximum atomic E-state index is 5.90. The van der Waals surface area contributed by atoms with Gasteiger partial charge in [0.2, 0.25) is 0 Å². The molecular formula is C17H19NO3. The van der Waals surface area contributed by atoms with Crippen LogP contribution in [-0.2, 0) is 6.54 Å². The van der Waals surface area contributed by atoms with Crippen LogP contribution in [0.5, 0.6) is 17.2 Å². The molecule has 0 spiro atoms. The smallest absolute Gasteiger partial charge is 0.166 e. The van der Waals surface area contributed by atoms with Crippen molar-refractivity contribution in [3.05, 3.63) is 54.1 Å². The second-order valence-corrected chi connectivity index (χ2v) is 4.95. The van der Waals surface area contributed by atoms with E-state index in [1.165, 1.54) is 0 Å². The van der Waals surface area contributed by atoms with E-state index in [0.29, 0.717) is 13.2 Å². The zero-order chi connectivity index (χ0) is 14.5. The average molecular weight is 285 g/mol. The van der Waals surface area contributed by atoms with Crippen molar-refractivity contribution in [3.8, 4) is 17.2 Å². The van der Waals surface area contributed by atoms with E-state index >= 15 is 0 Å². The van der Waals surface area contributed by atoms with Crippen LogP contribution in [0.2, 0.25) is 0 Å². The van der Waals surface area contributed by atoms with Gasteiger partial charge in [-0.15, -0.1) is 0 Å². The highest BCUT2D eigenvalue weighted by molar-refractivity contribution is 5.40. The van der Waals surface area contributed by atoms with Crippen molar-refractivity contribution < 1.29 is 14.2 Å². The van der Waals surface area contributed by atoms with Gasteiger partial charge in [-0.2, -0.15) is 0 Å². The minimum atomic E-state index is -0.0949. The molecule has 0 saturated heterocycles. The molecule has 0 fully saturated rings. The van der Waals surface area contributed by atoms with Crippen LogP contribution in [0.15, 0.2) is 48.5 Å². The van der Waals surface area contributed by atoms with Crippen LogP contribution in [0.3, 0.4) is 0 Å². The van der Waals surface area contributed by atoms with Gasteiger partial charge in [0.15, 0.2) is 17.6 Å². The molecule has 2 aromatic rings. The lowest BCUT2D eigenvalue weighted by atomic mass is 10.2. The number of benzene rings is 2. The predicted molar refractivity (Wildman–Crippen MR) is 81.1 cm³/mol. The van der Waals surface area contributed by atoms with Gasteiger partial charge >= 0.3 is 0 Å². The van der Waals surface area contributed by atoms with Gasteiger partial charge in [0.1, 0.15) is 19.0 Å². The third-order valence-corrected chi connectivity index (χ3v) is 3.33. The second kappa shape index (κ2) is 6.50. The number of hydrogen-bond donors (Lipinski definition) is 1. The summed E-state index contributed by atoms with van der Waals surface area (Å²) in [6.07, 6.45) is -0.0949. The maximum absolute atomic E-state index is 5.90. The summed E-state index contributed by atoms with van der Waals surface area (Å²) in [6, 6.07) is 15.7. The Kier molecular flexibility index (Phi) is 4.26. The molecule has 1 heterocycles. The molecular weight excluding hydrogens is 266 g/mol. The molecule has 0 radical (unpaired) electrons. The van der Waals surface area contributed by atoms with Crippen LogP contribution in [0.25, 0.3) is 0 Å². The first-order valence-electron chi connectivity index (χ1n) is 7.10. The molecule has 1 unspecified atom stereocenters. The molecule has 110 valence electrons. The van der Waals surface area contributed by atoms with E-state index in [-0.39, 0.29) is 6.10 Å². The number of para-hydroxylation sites is 3. The summed E-state index contributed by atoms with van der Waals surface area (Å²) in [5, 5.41) is 3.14. The predicted octanol–water partition coefficient (Wildman–Crippen LogP) is 2.62. The topological polar surface area (TPSA) is 39.7 Å². The lowest BCUT2D eigenvalue weighted by molar-refractivity contribution is 0.0532. The van der Waals surface area contributed by atoms with Crippen molar-refractivity contribution in [2.24, 2.45) is 0 Å². The second-order valence-electron chi connectivity index (χ2n) is 4.95. The standard InChI is InChI=1S/C17H19NO3/c1-18-10-13-6-2-3-7-15(13)19-11-14-12-20-16-8-4-5-9-17(16)21-14/h2-9,14,18H,10-12H2,1H3. The Morgan fingerprint density at radius 2 is 1.86 bits per heavy atom. The Hall–Kier alpha value is -2.20. The van der Waals surface area contributed by atoms with Crippen LogP contribution < -0.4 is 19.5 Å². The molecule has 4 nitrogen and oxygen atoms in total. The molecule has 0 saturated carbocycles. The van der Waals surface area contributed by atoms with Crippen LogP contribution in [0.1, 0.15) is 5.56 Å². The van der Waals surface area contributed by atoms with Crippen molar-refractivity contribution >= 4 is 0 Å². The summed E-state index contributed by atoms with van der Waals surface area (Å²) in [5.74, 6) is 2.46. The highest BCUT2D eigenvalue weighted by Crippen LogP contribution is 2.31.